The Morgan fingerprint density at radius 2 is 1.84 bits per heavy atom. The van der Waals surface area contributed by atoms with Crippen molar-refractivity contribution in [3.05, 3.63) is 41.2 Å². The van der Waals surface area contributed by atoms with Gasteiger partial charge in [-0.3, -0.25) is 9.80 Å². The summed E-state index contributed by atoms with van der Waals surface area (Å²) in [5, 5.41) is 0.693. The molecule has 1 aromatic carbocycles. The van der Waals surface area contributed by atoms with Crippen LogP contribution in [0.25, 0.3) is 11.0 Å². The molecule has 31 heavy (non-hydrogen) atoms. The Labute approximate surface area is 176 Å². The van der Waals surface area contributed by atoms with E-state index in [2.05, 4.69) is 9.97 Å². The quantitative estimate of drug-likeness (QED) is 0.604. The van der Waals surface area contributed by atoms with Crippen molar-refractivity contribution in [3.8, 4) is 11.5 Å². The summed E-state index contributed by atoms with van der Waals surface area (Å²) in [5.41, 5.74) is 2.01. The smallest absolute Gasteiger partial charge is 0.329 e. The zero-order valence-corrected chi connectivity index (χ0v) is 17.2. The summed E-state index contributed by atoms with van der Waals surface area (Å²) in [5.74, 6) is -2.49. The van der Waals surface area contributed by atoms with Gasteiger partial charge in [-0.15, -0.1) is 0 Å². The van der Waals surface area contributed by atoms with Crippen LogP contribution in [-0.2, 0) is 17.8 Å². The number of anilines is 2. The number of benzene rings is 1. The summed E-state index contributed by atoms with van der Waals surface area (Å²) in [4.78, 5) is 33.7. The number of aryl methyl sites for hydroxylation is 1. The Hall–Kier alpha value is -3.69. The number of carbonyl (C=O) groups excluding carboxylic acids is 2. The van der Waals surface area contributed by atoms with Crippen LogP contribution in [0.15, 0.2) is 18.3 Å². The number of hydrogen-bond donors (Lipinski definition) is 1. The van der Waals surface area contributed by atoms with Crippen molar-refractivity contribution in [2.45, 2.75) is 19.4 Å². The number of hydrogen-bond acceptors (Lipinski definition) is 5. The molecule has 2 amide bonds. The molecule has 0 saturated carbocycles. The van der Waals surface area contributed by atoms with Crippen LogP contribution in [-0.4, -0.2) is 43.6 Å². The van der Waals surface area contributed by atoms with E-state index in [0.717, 1.165) is 22.9 Å². The second kappa shape index (κ2) is 7.86. The number of aldehydes is 1. The van der Waals surface area contributed by atoms with Gasteiger partial charge in [0.1, 0.15) is 17.6 Å². The molecule has 1 aliphatic rings. The third-order valence-corrected chi connectivity index (χ3v) is 5.30. The number of ether oxygens (including phenoxy) is 2. The van der Waals surface area contributed by atoms with Gasteiger partial charge in [0, 0.05) is 42.4 Å². The van der Waals surface area contributed by atoms with Gasteiger partial charge in [-0.1, -0.05) is 0 Å². The van der Waals surface area contributed by atoms with Crippen LogP contribution in [0, 0.1) is 11.6 Å². The summed E-state index contributed by atoms with van der Waals surface area (Å²) < 4.78 is 40.0. The van der Waals surface area contributed by atoms with Crippen LogP contribution in [0.4, 0.5) is 25.0 Å². The van der Waals surface area contributed by atoms with Crippen molar-refractivity contribution in [1.29, 1.82) is 0 Å². The number of halogens is 2. The molecule has 4 rings (SSSR count). The van der Waals surface area contributed by atoms with Crippen molar-refractivity contribution < 1.29 is 27.8 Å². The maximum atomic E-state index is 15.0. The predicted molar refractivity (Wildman–Crippen MR) is 110 cm³/mol. The van der Waals surface area contributed by atoms with Gasteiger partial charge in [-0.25, -0.2) is 18.6 Å². The molecule has 8 nitrogen and oxygen atoms in total. The molecule has 0 fully saturated rings. The Balaban J connectivity index is 1.83. The highest BCUT2D eigenvalue weighted by Gasteiger charge is 2.36. The van der Waals surface area contributed by atoms with Gasteiger partial charge in [0.05, 0.1) is 26.5 Å². The zero-order chi connectivity index (χ0) is 22.3. The Morgan fingerprint density at radius 1 is 1.16 bits per heavy atom. The van der Waals surface area contributed by atoms with E-state index in [0.29, 0.717) is 35.1 Å². The SMILES string of the molecule is COc1cc(OC)c(F)c(N2Cc3cnc4[nH]c(CCC=O)cc4c3N(C)C2=O)c1F. The number of aromatic nitrogens is 2. The minimum Gasteiger partial charge on any atom is -0.493 e. The lowest BCUT2D eigenvalue weighted by Crippen LogP contribution is -2.46. The van der Waals surface area contributed by atoms with Crippen molar-refractivity contribution >= 4 is 34.7 Å². The van der Waals surface area contributed by atoms with Crippen LogP contribution in [0.1, 0.15) is 17.7 Å². The first-order valence-electron chi connectivity index (χ1n) is 9.49. The van der Waals surface area contributed by atoms with E-state index in [1.165, 1.54) is 26.2 Å². The van der Waals surface area contributed by atoms with Crippen molar-refractivity contribution in [1.82, 2.24) is 9.97 Å². The molecule has 0 unspecified atom stereocenters. The molecule has 0 saturated heterocycles. The summed E-state index contributed by atoms with van der Waals surface area (Å²) in [7, 11) is 4.01. The standard InChI is InChI=1S/C21H20F2N4O4/c1-26-18-11(9-24-20-13(18)7-12(25-20)5-4-6-28)10-27(21(26)29)19-16(22)14(30-2)8-15(31-3)17(19)23/h6-9H,4-5,10H2,1-3H3,(H,24,25). The van der Waals surface area contributed by atoms with E-state index in [-0.39, 0.29) is 18.0 Å². The number of fused-ring (bicyclic) bond motifs is 3. The second-order valence-corrected chi connectivity index (χ2v) is 7.08. The van der Waals surface area contributed by atoms with E-state index >= 15 is 8.78 Å². The molecule has 0 radical (unpaired) electrons. The Kier molecular flexibility index (Phi) is 5.22. The zero-order valence-electron chi connectivity index (χ0n) is 17.2. The Morgan fingerprint density at radius 3 is 2.45 bits per heavy atom. The van der Waals surface area contributed by atoms with Crippen LogP contribution >= 0.6 is 0 Å². The lowest BCUT2D eigenvalue weighted by Gasteiger charge is -2.35. The fourth-order valence-electron chi connectivity index (χ4n) is 3.82. The fraction of sp³-hybridized carbons (Fsp3) is 0.286. The van der Waals surface area contributed by atoms with E-state index < -0.39 is 23.4 Å². The third kappa shape index (κ3) is 3.24. The van der Waals surface area contributed by atoms with Crippen LogP contribution < -0.4 is 19.3 Å². The highest BCUT2D eigenvalue weighted by atomic mass is 19.1. The molecule has 1 N–H and O–H groups in total. The van der Waals surface area contributed by atoms with Crippen molar-refractivity contribution in [2.24, 2.45) is 0 Å². The van der Waals surface area contributed by atoms with Gasteiger partial charge < -0.3 is 19.3 Å². The lowest BCUT2D eigenvalue weighted by molar-refractivity contribution is -0.107. The van der Waals surface area contributed by atoms with E-state index in [1.54, 1.807) is 6.20 Å². The van der Waals surface area contributed by atoms with Gasteiger partial charge in [-0.05, 0) is 12.5 Å². The number of urea groups is 1. The molecule has 0 bridgehead atoms. The first kappa shape index (κ1) is 20.6. The predicted octanol–water partition coefficient (Wildman–Crippen LogP) is 3.57. The summed E-state index contributed by atoms with van der Waals surface area (Å²) >= 11 is 0. The third-order valence-electron chi connectivity index (χ3n) is 5.30. The summed E-state index contributed by atoms with van der Waals surface area (Å²) in [6.07, 6.45) is 3.25. The molecule has 0 aliphatic carbocycles. The normalized spacial score (nSPS) is 13.5. The Bertz CT molecular complexity index is 1170. The molecule has 10 heteroatoms. The fourth-order valence-corrected chi connectivity index (χ4v) is 3.82. The highest BCUT2D eigenvalue weighted by molar-refractivity contribution is 6.11. The van der Waals surface area contributed by atoms with E-state index in [9.17, 15) is 9.59 Å². The summed E-state index contributed by atoms with van der Waals surface area (Å²) in [6, 6.07) is 2.30. The molecule has 3 aromatic rings. The van der Waals surface area contributed by atoms with Gasteiger partial charge >= 0.3 is 6.03 Å². The number of nitrogens with one attached hydrogen (secondary N) is 1. The minimum atomic E-state index is -1.00. The number of carbonyl (C=O) groups is 2. The largest absolute Gasteiger partial charge is 0.493 e. The van der Waals surface area contributed by atoms with E-state index in [4.69, 9.17) is 9.47 Å². The number of nitrogens with zero attached hydrogens (tertiary/aromatic N) is 3. The number of rotatable bonds is 6. The number of aromatic amines is 1. The van der Waals surface area contributed by atoms with Gasteiger partial charge in [-0.2, -0.15) is 0 Å². The number of pyridine rings is 1. The van der Waals surface area contributed by atoms with Crippen LogP contribution in [0.3, 0.4) is 0 Å². The first-order chi connectivity index (χ1) is 14.9. The molecule has 1 aliphatic heterocycles. The average Bonchev–Trinajstić information content (AvgIpc) is 3.18. The maximum absolute atomic E-state index is 15.0. The first-order valence-corrected chi connectivity index (χ1v) is 9.49. The van der Waals surface area contributed by atoms with Gasteiger partial charge in [0.25, 0.3) is 0 Å². The van der Waals surface area contributed by atoms with Gasteiger partial charge in [0.15, 0.2) is 23.1 Å². The van der Waals surface area contributed by atoms with Crippen molar-refractivity contribution in [2.75, 3.05) is 31.1 Å². The number of methoxy groups -OCH3 is 2. The second-order valence-electron chi connectivity index (χ2n) is 7.08. The van der Waals surface area contributed by atoms with Crippen LogP contribution in [0.2, 0.25) is 0 Å². The number of H-pyrrole nitrogens is 1. The molecular formula is C21H20F2N4O4. The average molecular weight is 430 g/mol. The van der Waals surface area contributed by atoms with Crippen LogP contribution in [0.5, 0.6) is 11.5 Å². The lowest BCUT2D eigenvalue weighted by atomic mass is 10.1. The van der Waals surface area contributed by atoms with E-state index in [1.807, 2.05) is 6.07 Å². The maximum Gasteiger partial charge on any atom is 0.329 e. The molecule has 3 heterocycles. The van der Waals surface area contributed by atoms with Gasteiger partial charge in [0.2, 0.25) is 0 Å². The highest BCUT2D eigenvalue weighted by Crippen LogP contribution is 2.42. The summed E-state index contributed by atoms with van der Waals surface area (Å²) in [6.45, 7) is -0.0968. The number of amides is 2. The topological polar surface area (TPSA) is 87.8 Å². The minimum absolute atomic E-state index is 0.0968. The molecule has 0 spiro atoms. The molecule has 2 aromatic heterocycles. The molecular weight excluding hydrogens is 410 g/mol. The monoisotopic (exact) mass is 430 g/mol. The molecule has 0 atom stereocenters. The molecule has 162 valence electrons. The van der Waals surface area contributed by atoms with Crippen molar-refractivity contribution in [3.63, 3.8) is 0 Å².